The van der Waals surface area contributed by atoms with Crippen molar-refractivity contribution in [3.8, 4) is 11.5 Å². The lowest BCUT2D eigenvalue weighted by Gasteiger charge is -2.12. The van der Waals surface area contributed by atoms with Gasteiger partial charge in [-0.15, -0.1) is 0 Å². The van der Waals surface area contributed by atoms with E-state index in [4.69, 9.17) is 4.74 Å². The van der Waals surface area contributed by atoms with Crippen LogP contribution in [0.3, 0.4) is 0 Å². The van der Waals surface area contributed by atoms with Gasteiger partial charge in [0.1, 0.15) is 17.3 Å². The smallest absolute Gasteiger partial charge is 0.137 e. The third kappa shape index (κ3) is 4.05. The highest BCUT2D eigenvalue weighted by molar-refractivity contribution is 9.10. The Morgan fingerprint density at radius 2 is 2.00 bits per heavy atom. The predicted molar refractivity (Wildman–Crippen MR) is 82.6 cm³/mol. The minimum atomic E-state index is -0.296. The second kappa shape index (κ2) is 7.41. The molecule has 0 aliphatic heterocycles. The molecule has 1 N–H and O–H groups in total. The molecule has 2 aromatic carbocycles. The normalized spacial score (nSPS) is 10.6. The molecule has 0 aliphatic carbocycles. The van der Waals surface area contributed by atoms with Gasteiger partial charge < -0.3 is 10.1 Å². The zero-order valence-corrected chi connectivity index (χ0v) is 12.9. The Bertz CT molecular complexity index is 574. The number of nitrogens with one attached hydrogen (secondary N) is 1. The number of ether oxygens (including phenoxy) is 1. The topological polar surface area (TPSA) is 21.3 Å². The zero-order chi connectivity index (χ0) is 14.4. The maximum atomic E-state index is 13.2. The Labute approximate surface area is 127 Å². The summed E-state index contributed by atoms with van der Waals surface area (Å²) in [6, 6.07) is 12.5. The number of hydrogen-bond donors (Lipinski definition) is 1. The van der Waals surface area contributed by atoms with Gasteiger partial charge in [-0.05, 0) is 53.2 Å². The molecule has 0 aromatic heterocycles. The van der Waals surface area contributed by atoms with Crippen LogP contribution >= 0.6 is 15.9 Å². The molecular formula is C16H17BrFNO. The maximum Gasteiger partial charge on any atom is 0.137 e. The van der Waals surface area contributed by atoms with Gasteiger partial charge in [0.25, 0.3) is 0 Å². The fourth-order valence-electron chi connectivity index (χ4n) is 1.82. The summed E-state index contributed by atoms with van der Waals surface area (Å²) in [6.07, 6.45) is 1.09. The van der Waals surface area contributed by atoms with E-state index in [2.05, 4.69) is 28.2 Å². The quantitative estimate of drug-likeness (QED) is 0.758. The highest BCUT2D eigenvalue weighted by Crippen LogP contribution is 2.28. The monoisotopic (exact) mass is 337 g/mol. The molecule has 4 heteroatoms. The molecule has 106 valence electrons. The molecule has 0 atom stereocenters. The molecule has 2 rings (SSSR count). The predicted octanol–water partition coefficient (Wildman–Crippen LogP) is 4.88. The lowest BCUT2D eigenvalue weighted by molar-refractivity contribution is 0.470. The first kappa shape index (κ1) is 15.0. The van der Waals surface area contributed by atoms with Crippen LogP contribution in [-0.4, -0.2) is 6.54 Å². The van der Waals surface area contributed by atoms with Crippen LogP contribution in [0.4, 0.5) is 4.39 Å². The summed E-state index contributed by atoms with van der Waals surface area (Å²) in [5, 5.41) is 3.35. The summed E-state index contributed by atoms with van der Waals surface area (Å²) < 4.78 is 19.4. The van der Waals surface area contributed by atoms with Gasteiger partial charge in [-0.3, -0.25) is 0 Å². The fourth-order valence-corrected chi connectivity index (χ4v) is 2.17. The largest absolute Gasteiger partial charge is 0.457 e. The van der Waals surface area contributed by atoms with Crippen LogP contribution in [0, 0.1) is 5.82 Å². The van der Waals surface area contributed by atoms with Gasteiger partial charge in [0.15, 0.2) is 0 Å². The minimum Gasteiger partial charge on any atom is -0.457 e. The van der Waals surface area contributed by atoms with Crippen LogP contribution in [0.1, 0.15) is 18.9 Å². The van der Waals surface area contributed by atoms with Crippen molar-refractivity contribution in [2.75, 3.05) is 6.54 Å². The molecule has 0 amide bonds. The maximum absolute atomic E-state index is 13.2. The lowest BCUT2D eigenvalue weighted by atomic mass is 10.2. The van der Waals surface area contributed by atoms with E-state index in [0.717, 1.165) is 30.8 Å². The Morgan fingerprint density at radius 3 is 2.75 bits per heavy atom. The van der Waals surface area contributed by atoms with E-state index in [1.807, 2.05) is 24.3 Å². The van der Waals surface area contributed by atoms with Gasteiger partial charge >= 0.3 is 0 Å². The van der Waals surface area contributed by atoms with Crippen molar-refractivity contribution < 1.29 is 9.13 Å². The number of para-hydroxylation sites is 1. The van der Waals surface area contributed by atoms with Crippen LogP contribution in [0.25, 0.3) is 0 Å². The van der Waals surface area contributed by atoms with E-state index in [1.54, 1.807) is 12.1 Å². The van der Waals surface area contributed by atoms with E-state index in [-0.39, 0.29) is 5.82 Å². The highest BCUT2D eigenvalue weighted by atomic mass is 79.9. The Hall–Kier alpha value is -1.39. The number of halogens is 2. The van der Waals surface area contributed by atoms with Crippen molar-refractivity contribution in [1.82, 2.24) is 5.32 Å². The Balaban J connectivity index is 2.13. The van der Waals surface area contributed by atoms with Gasteiger partial charge in [0, 0.05) is 12.1 Å². The molecule has 0 unspecified atom stereocenters. The highest BCUT2D eigenvalue weighted by Gasteiger charge is 2.06. The van der Waals surface area contributed by atoms with Crippen LogP contribution < -0.4 is 10.1 Å². The molecule has 20 heavy (non-hydrogen) atoms. The van der Waals surface area contributed by atoms with Crippen LogP contribution in [-0.2, 0) is 6.54 Å². The molecule has 0 bridgehead atoms. The van der Waals surface area contributed by atoms with E-state index in [9.17, 15) is 4.39 Å². The summed E-state index contributed by atoms with van der Waals surface area (Å²) in [5.74, 6) is 1.10. The van der Waals surface area contributed by atoms with Crippen LogP contribution in [0.5, 0.6) is 11.5 Å². The molecule has 0 radical (unpaired) electrons. The summed E-state index contributed by atoms with van der Waals surface area (Å²) >= 11 is 3.16. The van der Waals surface area contributed by atoms with Crippen molar-refractivity contribution in [1.29, 1.82) is 0 Å². The molecule has 2 aromatic rings. The van der Waals surface area contributed by atoms with Crippen molar-refractivity contribution in [2.24, 2.45) is 0 Å². The molecule has 0 fully saturated rings. The average molecular weight is 338 g/mol. The number of hydrogen-bond acceptors (Lipinski definition) is 2. The minimum absolute atomic E-state index is 0.296. The van der Waals surface area contributed by atoms with Crippen molar-refractivity contribution in [3.63, 3.8) is 0 Å². The van der Waals surface area contributed by atoms with Crippen molar-refractivity contribution in [2.45, 2.75) is 19.9 Å². The zero-order valence-electron chi connectivity index (χ0n) is 11.3. The molecule has 0 spiro atoms. The summed E-state index contributed by atoms with van der Waals surface area (Å²) in [4.78, 5) is 0. The molecule has 0 aliphatic rings. The second-order valence-electron chi connectivity index (χ2n) is 4.46. The van der Waals surface area contributed by atoms with E-state index >= 15 is 0 Å². The first-order valence-corrected chi connectivity index (χ1v) is 7.41. The third-order valence-electron chi connectivity index (χ3n) is 2.83. The summed E-state index contributed by atoms with van der Waals surface area (Å²) in [6.45, 7) is 3.86. The second-order valence-corrected chi connectivity index (χ2v) is 5.32. The van der Waals surface area contributed by atoms with E-state index in [0.29, 0.717) is 10.2 Å². The van der Waals surface area contributed by atoms with Gasteiger partial charge in [0.2, 0.25) is 0 Å². The van der Waals surface area contributed by atoms with Crippen LogP contribution in [0.15, 0.2) is 46.9 Å². The average Bonchev–Trinajstić information content (AvgIpc) is 2.45. The van der Waals surface area contributed by atoms with Crippen molar-refractivity contribution in [3.05, 3.63) is 58.3 Å². The van der Waals surface area contributed by atoms with Gasteiger partial charge in [-0.2, -0.15) is 0 Å². The summed E-state index contributed by atoms with van der Waals surface area (Å²) in [5.41, 5.74) is 1.08. The third-order valence-corrected chi connectivity index (χ3v) is 3.44. The summed E-state index contributed by atoms with van der Waals surface area (Å²) in [7, 11) is 0. The molecule has 2 nitrogen and oxygen atoms in total. The van der Waals surface area contributed by atoms with Gasteiger partial charge in [-0.1, -0.05) is 25.1 Å². The van der Waals surface area contributed by atoms with E-state index < -0.39 is 0 Å². The Morgan fingerprint density at radius 1 is 1.20 bits per heavy atom. The molecule has 0 saturated heterocycles. The van der Waals surface area contributed by atoms with Gasteiger partial charge in [-0.25, -0.2) is 4.39 Å². The first-order valence-electron chi connectivity index (χ1n) is 6.62. The van der Waals surface area contributed by atoms with Crippen LogP contribution in [0.2, 0.25) is 0 Å². The van der Waals surface area contributed by atoms with Crippen molar-refractivity contribution >= 4 is 15.9 Å². The molecule has 0 heterocycles. The SMILES string of the molecule is CCCNCc1ccccc1Oc1ccc(F)c(Br)c1. The molecule has 0 saturated carbocycles. The fraction of sp³-hybridized carbons (Fsp3) is 0.250. The Kier molecular flexibility index (Phi) is 5.56. The molecular weight excluding hydrogens is 321 g/mol. The number of benzene rings is 2. The standard InChI is InChI=1S/C16H17BrFNO/c1-2-9-19-11-12-5-3-4-6-16(12)20-13-7-8-15(18)14(17)10-13/h3-8,10,19H,2,9,11H2,1H3. The lowest BCUT2D eigenvalue weighted by Crippen LogP contribution is -2.14. The van der Waals surface area contributed by atoms with Gasteiger partial charge in [0.05, 0.1) is 4.47 Å². The number of rotatable bonds is 6. The van der Waals surface area contributed by atoms with E-state index in [1.165, 1.54) is 6.07 Å². The first-order chi connectivity index (χ1) is 9.70.